The van der Waals surface area contributed by atoms with E-state index in [-0.39, 0.29) is 5.41 Å². The van der Waals surface area contributed by atoms with Crippen molar-refractivity contribution in [2.75, 3.05) is 4.90 Å². The molecule has 0 fully saturated rings. The summed E-state index contributed by atoms with van der Waals surface area (Å²) in [5.74, 6) is 0.910. The largest absolute Gasteiger partial charge is 0.295 e. The van der Waals surface area contributed by atoms with Crippen LogP contribution in [0, 0.1) is 0 Å². The second kappa shape index (κ2) is 9.88. The van der Waals surface area contributed by atoms with Crippen LogP contribution in [0.2, 0.25) is 0 Å². The zero-order valence-electron chi connectivity index (χ0n) is 25.2. The zero-order valence-corrected chi connectivity index (χ0v) is 26.0. The number of hydrogen-bond acceptors (Lipinski definition) is 3. The van der Waals surface area contributed by atoms with E-state index >= 15 is 0 Å². The van der Waals surface area contributed by atoms with Crippen molar-refractivity contribution < 1.29 is 0 Å². The van der Waals surface area contributed by atoms with Gasteiger partial charge >= 0.3 is 0 Å². The van der Waals surface area contributed by atoms with Gasteiger partial charge in [-0.25, -0.2) is 4.98 Å². The Hall–Kier alpha value is -5.25. The first-order valence-corrected chi connectivity index (χ1v) is 16.3. The molecule has 3 heteroatoms. The SMILES string of the molecule is CC1(C)c2ccccc2-c2cc(N(c3ccc(-c4ccccc4)cc3)c3cc4c(cn3)sc3cc5ccccc5cc34)ccc21. The van der Waals surface area contributed by atoms with Crippen LogP contribution in [0.3, 0.4) is 0 Å². The molecule has 0 radical (unpaired) electrons. The summed E-state index contributed by atoms with van der Waals surface area (Å²) in [6, 6.07) is 50.8. The first kappa shape index (κ1) is 26.2. The minimum absolute atomic E-state index is 0.0395. The Morgan fingerprint density at radius 3 is 2.00 bits per heavy atom. The summed E-state index contributed by atoms with van der Waals surface area (Å²) in [5.41, 5.74) is 9.92. The predicted molar refractivity (Wildman–Crippen MR) is 192 cm³/mol. The molecule has 0 unspecified atom stereocenters. The number of aromatic nitrogens is 1. The molecule has 9 rings (SSSR count). The minimum Gasteiger partial charge on any atom is -0.295 e. The standard InChI is InChI=1S/C42H30N2S/c1-42(2)37-15-9-8-14-33(37)34-24-32(20-21-38(34)42)44(31-18-16-28(17-19-31)27-10-4-3-5-11-27)41-25-36-35-22-29-12-6-7-13-30(29)23-39(35)45-40(36)26-43-41/h3-26H,1-2H3. The van der Waals surface area contributed by atoms with Crippen LogP contribution in [0.4, 0.5) is 17.2 Å². The summed E-state index contributed by atoms with van der Waals surface area (Å²) in [6.45, 7) is 4.66. The molecule has 2 nitrogen and oxygen atoms in total. The summed E-state index contributed by atoms with van der Waals surface area (Å²) < 4.78 is 2.49. The highest BCUT2D eigenvalue weighted by Crippen LogP contribution is 2.50. The van der Waals surface area contributed by atoms with Crippen LogP contribution in [-0.4, -0.2) is 4.98 Å². The van der Waals surface area contributed by atoms with Gasteiger partial charge in [-0.2, -0.15) is 0 Å². The maximum Gasteiger partial charge on any atom is 0.138 e. The Morgan fingerprint density at radius 2 is 1.18 bits per heavy atom. The number of thiophene rings is 1. The first-order chi connectivity index (χ1) is 22.0. The Bertz CT molecular complexity index is 2400. The van der Waals surface area contributed by atoms with E-state index in [9.17, 15) is 0 Å². The highest BCUT2D eigenvalue weighted by Gasteiger charge is 2.35. The van der Waals surface area contributed by atoms with Crippen LogP contribution in [0.1, 0.15) is 25.0 Å². The number of pyridine rings is 1. The predicted octanol–water partition coefficient (Wildman–Crippen LogP) is 12.0. The lowest BCUT2D eigenvalue weighted by atomic mass is 9.82. The number of hydrogen-bond donors (Lipinski definition) is 0. The molecule has 8 aromatic rings. The summed E-state index contributed by atoms with van der Waals surface area (Å²) >= 11 is 1.82. The molecule has 0 spiro atoms. The molecule has 0 atom stereocenters. The van der Waals surface area contributed by atoms with Gasteiger partial charge in [-0.1, -0.05) is 111 Å². The molecule has 2 aromatic heterocycles. The van der Waals surface area contributed by atoms with Crippen molar-refractivity contribution in [2.24, 2.45) is 0 Å². The van der Waals surface area contributed by atoms with Gasteiger partial charge < -0.3 is 0 Å². The Labute approximate surface area is 266 Å². The molecule has 0 amide bonds. The molecule has 214 valence electrons. The normalized spacial score (nSPS) is 13.3. The molecule has 0 N–H and O–H groups in total. The number of rotatable bonds is 4. The van der Waals surface area contributed by atoms with Crippen molar-refractivity contribution in [1.29, 1.82) is 0 Å². The van der Waals surface area contributed by atoms with Crippen LogP contribution in [0.5, 0.6) is 0 Å². The third-order valence-electron chi connectivity index (χ3n) is 9.50. The molecule has 0 saturated carbocycles. The van der Waals surface area contributed by atoms with Crippen molar-refractivity contribution in [3.63, 3.8) is 0 Å². The second-order valence-corrected chi connectivity index (χ2v) is 13.6. The lowest BCUT2D eigenvalue weighted by molar-refractivity contribution is 0.660. The number of benzene rings is 6. The van der Waals surface area contributed by atoms with E-state index < -0.39 is 0 Å². The molecule has 2 heterocycles. The van der Waals surface area contributed by atoms with Gasteiger partial charge in [-0.3, -0.25) is 4.90 Å². The fourth-order valence-electron chi connectivity index (χ4n) is 7.17. The highest BCUT2D eigenvalue weighted by atomic mass is 32.1. The van der Waals surface area contributed by atoms with E-state index in [2.05, 4.69) is 164 Å². The van der Waals surface area contributed by atoms with Crippen LogP contribution < -0.4 is 4.90 Å². The third kappa shape index (κ3) is 4.12. The van der Waals surface area contributed by atoms with Gasteiger partial charge in [0.2, 0.25) is 0 Å². The summed E-state index contributed by atoms with van der Waals surface area (Å²) in [6.07, 6.45) is 2.05. The van der Waals surface area contributed by atoms with Crippen LogP contribution in [-0.2, 0) is 5.41 Å². The van der Waals surface area contributed by atoms with Crippen molar-refractivity contribution >= 4 is 59.5 Å². The van der Waals surface area contributed by atoms with E-state index in [1.807, 2.05) is 11.3 Å². The van der Waals surface area contributed by atoms with E-state index in [0.717, 1.165) is 17.2 Å². The zero-order chi connectivity index (χ0) is 30.1. The Balaban J connectivity index is 1.24. The van der Waals surface area contributed by atoms with Crippen molar-refractivity contribution in [1.82, 2.24) is 4.98 Å². The molecule has 0 saturated heterocycles. The highest BCUT2D eigenvalue weighted by molar-refractivity contribution is 7.25. The van der Waals surface area contributed by atoms with Crippen LogP contribution in [0.25, 0.3) is 53.2 Å². The van der Waals surface area contributed by atoms with Crippen LogP contribution in [0.15, 0.2) is 146 Å². The summed E-state index contributed by atoms with van der Waals surface area (Å²) in [4.78, 5) is 7.42. The number of nitrogens with zero attached hydrogens (tertiary/aromatic N) is 2. The fraction of sp³-hybridized carbons (Fsp3) is 0.0714. The Morgan fingerprint density at radius 1 is 0.533 bits per heavy atom. The molecule has 0 aliphatic heterocycles. The summed E-state index contributed by atoms with van der Waals surface area (Å²) in [7, 11) is 0. The molecular formula is C42H30N2S. The van der Waals surface area contributed by atoms with Crippen molar-refractivity contribution in [3.05, 3.63) is 157 Å². The lowest BCUT2D eigenvalue weighted by Gasteiger charge is -2.26. The monoisotopic (exact) mass is 594 g/mol. The molecule has 45 heavy (non-hydrogen) atoms. The minimum atomic E-state index is -0.0395. The lowest BCUT2D eigenvalue weighted by Crippen LogP contribution is -2.15. The van der Waals surface area contributed by atoms with Crippen LogP contribution >= 0.6 is 11.3 Å². The maximum atomic E-state index is 5.11. The van der Waals surface area contributed by atoms with Gasteiger partial charge in [0.25, 0.3) is 0 Å². The summed E-state index contributed by atoms with van der Waals surface area (Å²) in [5, 5.41) is 5.05. The van der Waals surface area contributed by atoms with Gasteiger partial charge in [0.15, 0.2) is 0 Å². The molecule has 1 aliphatic rings. The number of fused-ring (bicyclic) bond motifs is 7. The smallest absolute Gasteiger partial charge is 0.138 e. The van der Waals surface area contributed by atoms with E-state index in [4.69, 9.17) is 4.98 Å². The van der Waals surface area contributed by atoms with Gasteiger partial charge in [-0.15, -0.1) is 11.3 Å². The van der Waals surface area contributed by atoms with Gasteiger partial charge in [0.1, 0.15) is 5.82 Å². The topological polar surface area (TPSA) is 16.1 Å². The Kier molecular flexibility index (Phi) is 5.75. The van der Waals surface area contributed by atoms with Gasteiger partial charge in [0.05, 0.1) is 4.70 Å². The quantitative estimate of drug-likeness (QED) is 0.201. The first-order valence-electron chi connectivity index (χ1n) is 15.5. The average Bonchev–Trinajstić information content (AvgIpc) is 3.55. The molecular weight excluding hydrogens is 565 g/mol. The molecule has 0 bridgehead atoms. The average molecular weight is 595 g/mol. The van der Waals surface area contributed by atoms with E-state index in [1.54, 1.807) is 0 Å². The fourth-order valence-corrected chi connectivity index (χ4v) is 8.26. The third-order valence-corrected chi connectivity index (χ3v) is 10.6. The van der Waals surface area contributed by atoms with Crippen molar-refractivity contribution in [2.45, 2.75) is 19.3 Å². The molecule has 1 aliphatic carbocycles. The van der Waals surface area contributed by atoms with Gasteiger partial charge in [0, 0.05) is 38.5 Å². The second-order valence-electron chi connectivity index (χ2n) is 12.5. The van der Waals surface area contributed by atoms with Crippen molar-refractivity contribution in [3.8, 4) is 22.3 Å². The van der Waals surface area contributed by atoms with E-state index in [0.29, 0.717) is 0 Å². The van der Waals surface area contributed by atoms with Gasteiger partial charge in [-0.05, 0) is 86.6 Å². The number of anilines is 3. The van der Waals surface area contributed by atoms with E-state index in [1.165, 1.54) is 64.3 Å². The molecule has 6 aromatic carbocycles. The maximum absolute atomic E-state index is 5.11.